The van der Waals surface area contributed by atoms with Gasteiger partial charge >= 0.3 is 0 Å². The molecule has 0 heterocycles. The molecule has 1 nitrogen and oxygen atoms in total. The molecule has 1 aromatic rings. The van der Waals surface area contributed by atoms with Crippen molar-refractivity contribution in [2.24, 2.45) is 5.73 Å². The minimum Gasteiger partial charge on any atom is -0.326 e. The van der Waals surface area contributed by atoms with Crippen LogP contribution in [0.2, 0.25) is 0 Å². The molecular weight excluding hydrogens is 182 g/mol. The average molecular weight is 203 g/mol. The maximum absolute atomic E-state index is 6.03. The number of hydrogen-bond donors (Lipinski definition) is 1. The van der Waals surface area contributed by atoms with Gasteiger partial charge in [-0.05, 0) is 56.6 Å². The second-order valence-corrected chi connectivity index (χ2v) is 5.46. The highest BCUT2D eigenvalue weighted by Crippen LogP contribution is 2.41. The average Bonchev–Trinajstić information content (AvgIpc) is 2.97. The summed E-state index contributed by atoms with van der Waals surface area (Å²) in [7, 11) is 0. The molecule has 1 aliphatic carbocycles. The lowest BCUT2D eigenvalue weighted by molar-refractivity contribution is 0.476. The third-order valence-corrected chi connectivity index (χ3v) is 3.11. The largest absolute Gasteiger partial charge is 0.326 e. The Morgan fingerprint density at radius 1 is 1.27 bits per heavy atom. The molecule has 2 N–H and O–H groups in total. The first-order valence-corrected chi connectivity index (χ1v) is 5.93. The lowest BCUT2D eigenvalue weighted by Crippen LogP contribution is -2.32. The van der Waals surface area contributed by atoms with Crippen LogP contribution < -0.4 is 5.73 Å². The second-order valence-electron chi connectivity index (χ2n) is 5.46. The molecule has 0 atom stereocenters. The van der Waals surface area contributed by atoms with Crippen molar-refractivity contribution >= 4 is 0 Å². The molecule has 0 aliphatic heterocycles. The van der Waals surface area contributed by atoms with Crippen molar-refractivity contribution in [3.8, 4) is 0 Å². The Balaban J connectivity index is 2.06. The second kappa shape index (κ2) is 3.97. The number of benzene rings is 1. The Morgan fingerprint density at radius 3 is 2.53 bits per heavy atom. The van der Waals surface area contributed by atoms with Gasteiger partial charge in [-0.3, -0.25) is 0 Å². The van der Waals surface area contributed by atoms with Gasteiger partial charge in [0.1, 0.15) is 0 Å². The van der Waals surface area contributed by atoms with Gasteiger partial charge in [0.05, 0.1) is 0 Å². The van der Waals surface area contributed by atoms with E-state index in [1.807, 2.05) is 0 Å². The fraction of sp³-hybridized carbons (Fsp3) is 0.571. The van der Waals surface area contributed by atoms with Crippen LogP contribution >= 0.6 is 0 Å². The van der Waals surface area contributed by atoms with Crippen molar-refractivity contribution in [3.63, 3.8) is 0 Å². The fourth-order valence-corrected chi connectivity index (χ4v) is 2.01. The van der Waals surface area contributed by atoms with E-state index in [1.165, 1.54) is 18.4 Å². The predicted molar refractivity (Wildman–Crippen MR) is 65.0 cm³/mol. The van der Waals surface area contributed by atoms with Crippen LogP contribution in [0.4, 0.5) is 0 Å². The first-order chi connectivity index (χ1) is 7.06. The van der Waals surface area contributed by atoms with E-state index < -0.39 is 0 Å². The van der Waals surface area contributed by atoms with E-state index in [4.69, 9.17) is 5.73 Å². The van der Waals surface area contributed by atoms with E-state index in [-0.39, 0.29) is 5.54 Å². The van der Waals surface area contributed by atoms with Gasteiger partial charge in [0.2, 0.25) is 0 Å². The van der Waals surface area contributed by atoms with Gasteiger partial charge in [-0.25, -0.2) is 0 Å². The normalized spacial score (nSPS) is 16.7. The highest BCUT2D eigenvalue weighted by molar-refractivity contribution is 5.33. The number of rotatable bonds is 4. The molecule has 0 radical (unpaired) electrons. The van der Waals surface area contributed by atoms with Gasteiger partial charge in [0, 0.05) is 5.54 Å². The van der Waals surface area contributed by atoms with E-state index >= 15 is 0 Å². The van der Waals surface area contributed by atoms with Crippen LogP contribution in [0, 0.1) is 0 Å². The summed E-state index contributed by atoms with van der Waals surface area (Å²) in [5, 5.41) is 0. The molecule has 1 heteroatoms. The minimum atomic E-state index is -0.0450. The van der Waals surface area contributed by atoms with E-state index in [0.717, 1.165) is 18.8 Å². The fourth-order valence-electron chi connectivity index (χ4n) is 2.01. The van der Waals surface area contributed by atoms with Gasteiger partial charge in [0.25, 0.3) is 0 Å². The zero-order valence-electron chi connectivity index (χ0n) is 9.79. The maximum atomic E-state index is 6.03. The molecule has 0 unspecified atom stereocenters. The summed E-state index contributed by atoms with van der Waals surface area (Å²) in [6.45, 7) is 4.21. The summed E-state index contributed by atoms with van der Waals surface area (Å²) in [6, 6.07) is 8.85. The summed E-state index contributed by atoms with van der Waals surface area (Å²) in [5.41, 5.74) is 9.06. The van der Waals surface area contributed by atoms with Gasteiger partial charge in [-0.15, -0.1) is 0 Å². The van der Waals surface area contributed by atoms with Crippen LogP contribution in [-0.2, 0) is 6.42 Å². The van der Waals surface area contributed by atoms with Crippen molar-refractivity contribution in [1.82, 2.24) is 0 Å². The van der Waals surface area contributed by atoms with Crippen molar-refractivity contribution in [2.45, 2.75) is 51.0 Å². The van der Waals surface area contributed by atoms with Gasteiger partial charge in [-0.1, -0.05) is 24.3 Å². The number of nitrogens with two attached hydrogens (primary N) is 1. The summed E-state index contributed by atoms with van der Waals surface area (Å²) in [6.07, 6.45) is 4.94. The molecule has 0 amide bonds. The zero-order valence-corrected chi connectivity index (χ0v) is 9.79. The van der Waals surface area contributed by atoms with E-state index in [2.05, 4.69) is 38.1 Å². The van der Waals surface area contributed by atoms with Gasteiger partial charge in [-0.2, -0.15) is 0 Å². The molecular formula is C14H21N. The summed E-state index contributed by atoms with van der Waals surface area (Å²) >= 11 is 0. The van der Waals surface area contributed by atoms with Crippen molar-refractivity contribution in [1.29, 1.82) is 0 Å². The van der Waals surface area contributed by atoms with Gasteiger partial charge in [0.15, 0.2) is 0 Å². The SMILES string of the molecule is CC(C)(N)CCc1ccccc1C1CC1. The van der Waals surface area contributed by atoms with Crippen molar-refractivity contribution < 1.29 is 0 Å². The molecule has 0 spiro atoms. The molecule has 82 valence electrons. The highest BCUT2D eigenvalue weighted by Gasteiger charge is 2.25. The van der Waals surface area contributed by atoms with Crippen molar-refractivity contribution in [3.05, 3.63) is 35.4 Å². The lowest BCUT2D eigenvalue weighted by atomic mass is 9.93. The molecule has 15 heavy (non-hydrogen) atoms. The van der Waals surface area contributed by atoms with Gasteiger partial charge < -0.3 is 5.73 Å². The lowest BCUT2D eigenvalue weighted by Gasteiger charge is -2.19. The summed E-state index contributed by atoms with van der Waals surface area (Å²) in [4.78, 5) is 0. The Morgan fingerprint density at radius 2 is 1.93 bits per heavy atom. The minimum absolute atomic E-state index is 0.0450. The van der Waals surface area contributed by atoms with E-state index in [1.54, 1.807) is 5.56 Å². The van der Waals surface area contributed by atoms with Crippen LogP contribution in [0.5, 0.6) is 0 Å². The van der Waals surface area contributed by atoms with E-state index in [0.29, 0.717) is 0 Å². The zero-order chi connectivity index (χ0) is 10.9. The Kier molecular flexibility index (Phi) is 2.83. The first-order valence-electron chi connectivity index (χ1n) is 5.93. The third kappa shape index (κ3) is 3.07. The van der Waals surface area contributed by atoms with Crippen LogP contribution in [0.1, 0.15) is 50.2 Å². The smallest absolute Gasteiger partial charge is 0.0100 e. The highest BCUT2D eigenvalue weighted by atomic mass is 14.7. The van der Waals surface area contributed by atoms with Crippen LogP contribution in [0.3, 0.4) is 0 Å². The molecule has 1 saturated carbocycles. The molecule has 1 fully saturated rings. The molecule has 1 aromatic carbocycles. The third-order valence-electron chi connectivity index (χ3n) is 3.11. The standard InChI is InChI=1S/C14H21N/c1-14(2,15)10-9-11-5-3-4-6-13(11)12-7-8-12/h3-6,12H,7-10,15H2,1-2H3. The van der Waals surface area contributed by atoms with Crippen LogP contribution in [0.15, 0.2) is 24.3 Å². The first kappa shape index (κ1) is 10.7. The van der Waals surface area contributed by atoms with E-state index in [9.17, 15) is 0 Å². The molecule has 0 saturated heterocycles. The summed E-state index contributed by atoms with van der Waals surface area (Å²) < 4.78 is 0. The summed E-state index contributed by atoms with van der Waals surface area (Å²) in [5.74, 6) is 0.849. The molecule has 1 aliphatic rings. The number of aryl methyl sites for hydroxylation is 1. The maximum Gasteiger partial charge on any atom is 0.0100 e. The Labute approximate surface area is 92.7 Å². The molecule has 0 aromatic heterocycles. The van der Waals surface area contributed by atoms with Crippen LogP contribution in [-0.4, -0.2) is 5.54 Å². The Hall–Kier alpha value is -0.820. The number of hydrogen-bond acceptors (Lipinski definition) is 1. The quantitative estimate of drug-likeness (QED) is 0.798. The molecule has 2 rings (SSSR count). The topological polar surface area (TPSA) is 26.0 Å². The monoisotopic (exact) mass is 203 g/mol. The Bertz CT molecular complexity index is 331. The molecule has 0 bridgehead atoms. The predicted octanol–water partition coefficient (Wildman–Crippen LogP) is 3.23. The van der Waals surface area contributed by atoms with Crippen LogP contribution in [0.25, 0.3) is 0 Å². The van der Waals surface area contributed by atoms with Crippen molar-refractivity contribution in [2.75, 3.05) is 0 Å².